The molecule has 1 aliphatic carbocycles. The van der Waals surface area contributed by atoms with Gasteiger partial charge in [-0.15, -0.1) is 0 Å². The number of carbonyl (C=O) groups excluding carboxylic acids is 1. The van der Waals surface area contributed by atoms with Crippen LogP contribution in [0.25, 0.3) is 0 Å². The first-order valence-corrected chi connectivity index (χ1v) is 7.90. The van der Waals surface area contributed by atoms with Crippen molar-refractivity contribution in [1.29, 1.82) is 0 Å². The van der Waals surface area contributed by atoms with Crippen molar-refractivity contribution in [2.24, 2.45) is 0 Å². The lowest BCUT2D eigenvalue weighted by atomic mass is 9.92. The van der Waals surface area contributed by atoms with E-state index >= 15 is 0 Å². The molecule has 0 saturated heterocycles. The average molecular weight is 327 g/mol. The third kappa shape index (κ3) is 3.29. The summed E-state index contributed by atoms with van der Waals surface area (Å²) in [7, 11) is 5.36. The molecule has 2 heterocycles. The summed E-state index contributed by atoms with van der Waals surface area (Å²) in [5, 5.41) is 3.06. The van der Waals surface area contributed by atoms with E-state index in [1.807, 2.05) is 25.2 Å². The van der Waals surface area contributed by atoms with Crippen molar-refractivity contribution in [3.63, 3.8) is 0 Å². The number of ether oxygens (including phenoxy) is 1. The first kappa shape index (κ1) is 16.2. The smallest absolute Gasteiger partial charge is 0.256 e. The molecule has 0 aromatic carbocycles. The number of aromatic nitrogens is 3. The van der Waals surface area contributed by atoms with Gasteiger partial charge in [-0.1, -0.05) is 0 Å². The Morgan fingerprint density at radius 3 is 2.96 bits per heavy atom. The van der Waals surface area contributed by atoms with Crippen LogP contribution >= 0.6 is 0 Å². The number of hydrogen-bond donors (Lipinski definition) is 1. The zero-order valence-electron chi connectivity index (χ0n) is 14.1. The molecule has 0 radical (unpaired) electrons. The second kappa shape index (κ2) is 6.82. The molecule has 1 amide bonds. The molecule has 24 heavy (non-hydrogen) atoms. The number of methoxy groups -OCH3 is 1. The Balaban J connectivity index is 1.71. The van der Waals surface area contributed by atoms with Crippen LogP contribution in [0.15, 0.2) is 24.5 Å². The SMILES string of the molecule is COc1ncccc1C(=O)NC1CCc2nc(N(C)C)ncc2C1. The Hall–Kier alpha value is -2.70. The van der Waals surface area contributed by atoms with Gasteiger partial charge in [0.1, 0.15) is 5.56 Å². The molecule has 7 heteroatoms. The molecule has 1 N–H and O–H groups in total. The normalized spacial score (nSPS) is 16.2. The second-order valence-corrected chi connectivity index (χ2v) is 6.01. The van der Waals surface area contributed by atoms with Crippen LogP contribution in [-0.4, -0.2) is 48.1 Å². The van der Waals surface area contributed by atoms with Gasteiger partial charge in [0.15, 0.2) is 0 Å². The Morgan fingerprint density at radius 1 is 1.38 bits per heavy atom. The first-order valence-electron chi connectivity index (χ1n) is 7.90. The highest BCUT2D eigenvalue weighted by Gasteiger charge is 2.24. The van der Waals surface area contributed by atoms with Crippen LogP contribution in [-0.2, 0) is 12.8 Å². The Labute approximate surface area is 141 Å². The van der Waals surface area contributed by atoms with Crippen LogP contribution in [0.2, 0.25) is 0 Å². The van der Waals surface area contributed by atoms with E-state index in [0.717, 1.165) is 36.5 Å². The van der Waals surface area contributed by atoms with E-state index in [0.29, 0.717) is 11.4 Å². The number of amides is 1. The molecule has 0 aliphatic heterocycles. The van der Waals surface area contributed by atoms with E-state index in [4.69, 9.17) is 4.74 Å². The van der Waals surface area contributed by atoms with Crippen LogP contribution in [0.3, 0.4) is 0 Å². The van der Waals surface area contributed by atoms with Gasteiger partial charge in [-0.3, -0.25) is 4.79 Å². The highest BCUT2D eigenvalue weighted by molar-refractivity contribution is 5.96. The molecule has 2 aromatic heterocycles. The molecular formula is C17H21N5O2. The van der Waals surface area contributed by atoms with Gasteiger partial charge in [0.2, 0.25) is 11.8 Å². The lowest BCUT2D eigenvalue weighted by Crippen LogP contribution is -2.39. The van der Waals surface area contributed by atoms with Crippen molar-refractivity contribution >= 4 is 11.9 Å². The van der Waals surface area contributed by atoms with Crippen LogP contribution in [0.1, 0.15) is 28.0 Å². The van der Waals surface area contributed by atoms with Crippen LogP contribution < -0.4 is 15.0 Å². The van der Waals surface area contributed by atoms with Crippen molar-refractivity contribution in [2.75, 3.05) is 26.1 Å². The van der Waals surface area contributed by atoms with Crippen molar-refractivity contribution in [2.45, 2.75) is 25.3 Å². The number of fused-ring (bicyclic) bond motifs is 1. The summed E-state index contributed by atoms with van der Waals surface area (Å²) in [5.74, 6) is 0.890. The summed E-state index contributed by atoms with van der Waals surface area (Å²) in [6, 6.07) is 3.50. The zero-order valence-corrected chi connectivity index (χ0v) is 14.1. The van der Waals surface area contributed by atoms with Crippen molar-refractivity contribution < 1.29 is 9.53 Å². The summed E-state index contributed by atoms with van der Waals surface area (Å²) in [6.07, 6.45) is 5.88. The van der Waals surface area contributed by atoms with Crippen molar-refractivity contribution in [3.8, 4) is 5.88 Å². The highest BCUT2D eigenvalue weighted by Crippen LogP contribution is 2.22. The van der Waals surface area contributed by atoms with Gasteiger partial charge in [-0.05, 0) is 37.0 Å². The minimum atomic E-state index is -0.167. The van der Waals surface area contributed by atoms with Gasteiger partial charge < -0.3 is 15.0 Å². The minimum absolute atomic E-state index is 0.0590. The maximum atomic E-state index is 12.5. The Bertz CT molecular complexity index is 748. The van der Waals surface area contributed by atoms with Crippen LogP contribution in [0, 0.1) is 0 Å². The summed E-state index contributed by atoms with van der Waals surface area (Å²) < 4.78 is 5.15. The fourth-order valence-corrected chi connectivity index (χ4v) is 2.83. The van der Waals surface area contributed by atoms with Gasteiger partial charge in [0, 0.05) is 38.2 Å². The fraction of sp³-hybridized carbons (Fsp3) is 0.412. The van der Waals surface area contributed by atoms with E-state index in [-0.39, 0.29) is 11.9 Å². The van der Waals surface area contributed by atoms with Crippen LogP contribution in [0.4, 0.5) is 5.95 Å². The Morgan fingerprint density at radius 2 is 2.21 bits per heavy atom. The van der Waals surface area contributed by atoms with E-state index in [1.165, 1.54) is 7.11 Å². The quantitative estimate of drug-likeness (QED) is 0.910. The summed E-state index contributed by atoms with van der Waals surface area (Å²) in [4.78, 5) is 27.4. The number of carbonyl (C=O) groups is 1. The summed E-state index contributed by atoms with van der Waals surface area (Å²) in [6.45, 7) is 0. The third-order valence-electron chi connectivity index (χ3n) is 4.08. The van der Waals surface area contributed by atoms with Gasteiger partial charge in [-0.25, -0.2) is 15.0 Å². The molecule has 1 unspecified atom stereocenters. The molecule has 3 rings (SSSR count). The number of nitrogens with one attached hydrogen (secondary N) is 1. The minimum Gasteiger partial charge on any atom is -0.480 e. The third-order valence-corrected chi connectivity index (χ3v) is 4.08. The van der Waals surface area contributed by atoms with Gasteiger partial charge in [0.25, 0.3) is 5.91 Å². The molecule has 1 aliphatic rings. The van der Waals surface area contributed by atoms with Crippen molar-refractivity contribution in [1.82, 2.24) is 20.3 Å². The van der Waals surface area contributed by atoms with Crippen LogP contribution in [0.5, 0.6) is 5.88 Å². The number of pyridine rings is 1. The maximum Gasteiger partial charge on any atom is 0.256 e. The van der Waals surface area contributed by atoms with E-state index < -0.39 is 0 Å². The first-order chi connectivity index (χ1) is 11.6. The van der Waals surface area contributed by atoms with E-state index in [9.17, 15) is 4.79 Å². The maximum absolute atomic E-state index is 12.5. The standard InChI is InChI=1S/C17H21N5O2/c1-22(2)17-19-10-11-9-12(6-7-14(11)21-17)20-15(23)13-5-4-8-18-16(13)24-3/h4-5,8,10,12H,6-7,9H2,1-3H3,(H,20,23). The van der Waals surface area contributed by atoms with Gasteiger partial charge in [-0.2, -0.15) is 0 Å². The molecule has 0 bridgehead atoms. The predicted octanol–water partition coefficient (Wildman–Crippen LogP) is 1.23. The number of nitrogens with zero attached hydrogens (tertiary/aromatic N) is 4. The molecular weight excluding hydrogens is 306 g/mol. The summed E-state index contributed by atoms with van der Waals surface area (Å²) in [5.41, 5.74) is 2.61. The molecule has 1 atom stereocenters. The van der Waals surface area contributed by atoms with E-state index in [1.54, 1.807) is 18.3 Å². The predicted molar refractivity (Wildman–Crippen MR) is 90.4 cm³/mol. The van der Waals surface area contributed by atoms with Gasteiger partial charge in [0.05, 0.1) is 7.11 Å². The summed E-state index contributed by atoms with van der Waals surface area (Å²) >= 11 is 0. The lowest BCUT2D eigenvalue weighted by Gasteiger charge is -2.25. The molecule has 0 fully saturated rings. The average Bonchev–Trinajstić information content (AvgIpc) is 2.61. The molecule has 0 saturated carbocycles. The topological polar surface area (TPSA) is 80.2 Å². The lowest BCUT2D eigenvalue weighted by molar-refractivity contribution is 0.0929. The largest absolute Gasteiger partial charge is 0.480 e. The van der Waals surface area contributed by atoms with Crippen molar-refractivity contribution in [3.05, 3.63) is 41.3 Å². The molecule has 126 valence electrons. The number of anilines is 1. The molecule has 0 spiro atoms. The van der Waals surface area contributed by atoms with Gasteiger partial charge >= 0.3 is 0 Å². The molecule has 2 aromatic rings. The number of aryl methyl sites for hydroxylation is 1. The fourth-order valence-electron chi connectivity index (χ4n) is 2.83. The zero-order chi connectivity index (χ0) is 17.1. The Kier molecular flexibility index (Phi) is 4.59. The van der Waals surface area contributed by atoms with E-state index in [2.05, 4.69) is 20.3 Å². The molecule has 7 nitrogen and oxygen atoms in total. The number of rotatable bonds is 4. The number of hydrogen-bond acceptors (Lipinski definition) is 6. The highest BCUT2D eigenvalue weighted by atomic mass is 16.5. The monoisotopic (exact) mass is 327 g/mol. The second-order valence-electron chi connectivity index (χ2n) is 6.01.